The van der Waals surface area contributed by atoms with E-state index in [4.69, 9.17) is 5.11 Å². The molecule has 0 atom stereocenters. The largest absolute Gasteiger partial charge is 0.478 e. The zero-order valence-corrected chi connectivity index (χ0v) is 14.3. The molecule has 0 heterocycles. The first-order valence-corrected chi connectivity index (χ1v) is 7.69. The van der Waals surface area contributed by atoms with Gasteiger partial charge < -0.3 is 15.7 Å². The van der Waals surface area contributed by atoms with Crippen molar-refractivity contribution in [2.45, 2.75) is 0 Å². The Morgan fingerprint density at radius 2 is 1.86 bits per heavy atom. The summed E-state index contributed by atoms with van der Waals surface area (Å²) in [6, 6.07) is 11.4. The van der Waals surface area contributed by atoms with Gasteiger partial charge in [0.1, 0.15) is 0 Å². The summed E-state index contributed by atoms with van der Waals surface area (Å²) in [6.07, 6.45) is 0. The van der Waals surface area contributed by atoms with Crippen LogP contribution in [-0.2, 0) is 0 Å². The molecule has 5 nitrogen and oxygen atoms in total. The number of carboxylic acid groups (broad SMARTS) is 1. The van der Waals surface area contributed by atoms with Crippen molar-refractivity contribution in [3.05, 3.63) is 56.1 Å². The highest BCUT2D eigenvalue weighted by atomic mass is 127. The summed E-state index contributed by atoms with van der Waals surface area (Å²) in [5.74, 6) is -1.11. The second-order valence-electron chi connectivity index (χ2n) is 4.08. The predicted molar refractivity (Wildman–Crippen MR) is 92.9 cm³/mol. The molecule has 2 aromatic carbocycles. The van der Waals surface area contributed by atoms with Gasteiger partial charge in [0.2, 0.25) is 0 Å². The van der Waals surface area contributed by atoms with Crippen molar-refractivity contribution in [1.29, 1.82) is 0 Å². The van der Waals surface area contributed by atoms with Crippen LogP contribution in [0.4, 0.5) is 16.2 Å². The van der Waals surface area contributed by atoms with Gasteiger partial charge in [-0.15, -0.1) is 0 Å². The molecule has 0 aliphatic carbocycles. The Kier molecular flexibility index (Phi) is 5.18. The fourth-order valence-electron chi connectivity index (χ4n) is 1.65. The molecule has 2 aromatic rings. The molecule has 0 saturated heterocycles. The van der Waals surface area contributed by atoms with Crippen LogP contribution in [0, 0.1) is 3.57 Å². The lowest BCUT2D eigenvalue weighted by molar-refractivity contribution is 0.0698. The number of anilines is 2. The van der Waals surface area contributed by atoms with Crippen LogP contribution in [0.2, 0.25) is 0 Å². The van der Waals surface area contributed by atoms with E-state index in [-0.39, 0.29) is 11.3 Å². The van der Waals surface area contributed by atoms with Crippen LogP contribution in [0.25, 0.3) is 0 Å². The molecular weight excluding hydrogens is 451 g/mol. The second kappa shape index (κ2) is 6.90. The van der Waals surface area contributed by atoms with Gasteiger partial charge in [-0.25, -0.2) is 9.59 Å². The van der Waals surface area contributed by atoms with Gasteiger partial charge >= 0.3 is 12.0 Å². The van der Waals surface area contributed by atoms with Crippen LogP contribution in [0.1, 0.15) is 10.4 Å². The average Bonchev–Trinajstić information content (AvgIpc) is 2.40. The number of urea groups is 1. The molecule has 21 heavy (non-hydrogen) atoms. The minimum Gasteiger partial charge on any atom is -0.478 e. The number of amides is 2. The maximum Gasteiger partial charge on any atom is 0.337 e. The zero-order valence-electron chi connectivity index (χ0n) is 10.6. The van der Waals surface area contributed by atoms with Gasteiger partial charge in [-0.1, -0.05) is 22.0 Å². The maximum absolute atomic E-state index is 11.9. The molecule has 2 rings (SSSR count). The van der Waals surface area contributed by atoms with Crippen LogP contribution in [0.15, 0.2) is 46.9 Å². The average molecular weight is 461 g/mol. The fraction of sp³-hybridized carbons (Fsp3) is 0. The summed E-state index contributed by atoms with van der Waals surface area (Å²) in [5.41, 5.74) is 0.879. The smallest absolute Gasteiger partial charge is 0.337 e. The third-order valence-corrected chi connectivity index (χ3v) is 3.71. The highest BCUT2D eigenvalue weighted by Crippen LogP contribution is 2.21. The van der Waals surface area contributed by atoms with E-state index in [1.54, 1.807) is 18.2 Å². The van der Waals surface area contributed by atoms with Gasteiger partial charge in [-0.05, 0) is 59.0 Å². The Bertz CT molecular complexity index is 706. The lowest BCUT2D eigenvalue weighted by atomic mass is 10.2. The quantitative estimate of drug-likeness (QED) is 0.594. The second-order valence-corrected chi connectivity index (χ2v) is 6.25. The highest BCUT2D eigenvalue weighted by Gasteiger charge is 2.13. The van der Waals surface area contributed by atoms with Crippen molar-refractivity contribution < 1.29 is 14.7 Å². The van der Waals surface area contributed by atoms with Gasteiger partial charge in [0.05, 0.1) is 11.3 Å². The molecule has 0 spiro atoms. The summed E-state index contributed by atoms with van der Waals surface area (Å²) in [7, 11) is 0. The Hall–Kier alpha value is -1.61. The number of carboxylic acids is 1. The topological polar surface area (TPSA) is 78.4 Å². The monoisotopic (exact) mass is 460 g/mol. The van der Waals surface area contributed by atoms with Crippen LogP contribution >= 0.6 is 38.5 Å². The molecule has 0 unspecified atom stereocenters. The molecule has 0 radical (unpaired) electrons. The standard InChI is InChI=1S/C14H10BrIN2O3/c15-8-4-5-12(11(6-8)13(19)20)18-14(21)17-10-3-1-2-9(16)7-10/h1-7H,(H,19,20)(H2,17,18,21). The van der Waals surface area contributed by atoms with Crippen LogP contribution in [0.5, 0.6) is 0 Å². The first-order valence-electron chi connectivity index (χ1n) is 5.82. The molecule has 3 N–H and O–H groups in total. The Balaban J connectivity index is 2.15. The molecule has 0 aliphatic rings. The number of halogens is 2. The van der Waals surface area contributed by atoms with Crippen LogP contribution in [0.3, 0.4) is 0 Å². The first-order chi connectivity index (χ1) is 9.95. The summed E-state index contributed by atoms with van der Waals surface area (Å²) >= 11 is 5.34. The van der Waals surface area contributed by atoms with E-state index in [1.807, 2.05) is 12.1 Å². The minimum absolute atomic E-state index is 0.0159. The van der Waals surface area contributed by atoms with E-state index < -0.39 is 12.0 Å². The summed E-state index contributed by atoms with van der Waals surface area (Å²) in [6.45, 7) is 0. The van der Waals surface area contributed by atoms with Crippen molar-refractivity contribution in [3.63, 3.8) is 0 Å². The van der Waals surface area contributed by atoms with Crippen LogP contribution < -0.4 is 10.6 Å². The van der Waals surface area contributed by atoms with Gasteiger partial charge in [0.15, 0.2) is 0 Å². The Morgan fingerprint density at radius 1 is 1.10 bits per heavy atom. The summed E-state index contributed by atoms with van der Waals surface area (Å²) < 4.78 is 1.61. The van der Waals surface area contributed by atoms with Gasteiger partial charge in [-0.2, -0.15) is 0 Å². The van der Waals surface area contributed by atoms with E-state index in [2.05, 4.69) is 49.2 Å². The van der Waals surface area contributed by atoms with E-state index in [9.17, 15) is 9.59 Å². The number of nitrogens with one attached hydrogen (secondary N) is 2. The Labute approximate surface area is 143 Å². The normalized spacial score (nSPS) is 10.0. The number of rotatable bonds is 3. The van der Waals surface area contributed by atoms with E-state index in [1.165, 1.54) is 12.1 Å². The van der Waals surface area contributed by atoms with Gasteiger partial charge in [0, 0.05) is 13.7 Å². The van der Waals surface area contributed by atoms with Crippen LogP contribution in [-0.4, -0.2) is 17.1 Å². The molecule has 0 saturated carbocycles. The minimum atomic E-state index is -1.11. The van der Waals surface area contributed by atoms with E-state index in [0.29, 0.717) is 10.2 Å². The summed E-state index contributed by atoms with van der Waals surface area (Å²) in [5, 5.41) is 14.3. The van der Waals surface area contributed by atoms with E-state index >= 15 is 0 Å². The van der Waals surface area contributed by atoms with Crippen molar-refractivity contribution >= 4 is 61.9 Å². The first kappa shape index (κ1) is 15.8. The molecule has 0 fully saturated rings. The predicted octanol–water partition coefficient (Wildman–Crippen LogP) is 4.40. The van der Waals surface area contributed by atoms with Crippen molar-refractivity contribution in [2.24, 2.45) is 0 Å². The Morgan fingerprint density at radius 3 is 2.52 bits per heavy atom. The third-order valence-electron chi connectivity index (χ3n) is 2.54. The number of carbonyl (C=O) groups is 2. The molecule has 7 heteroatoms. The highest BCUT2D eigenvalue weighted by molar-refractivity contribution is 14.1. The maximum atomic E-state index is 11.9. The number of hydrogen-bond acceptors (Lipinski definition) is 2. The van der Waals surface area contributed by atoms with Crippen molar-refractivity contribution in [2.75, 3.05) is 10.6 Å². The molecule has 2 amide bonds. The van der Waals surface area contributed by atoms with Crippen molar-refractivity contribution in [3.8, 4) is 0 Å². The zero-order chi connectivity index (χ0) is 15.4. The lowest BCUT2D eigenvalue weighted by Gasteiger charge is -2.10. The number of carbonyl (C=O) groups excluding carboxylic acids is 1. The van der Waals surface area contributed by atoms with Gasteiger partial charge in [0.25, 0.3) is 0 Å². The number of benzene rings is 2. The fourth-order valence-corrected chi connectivity index (χ4v) is 2.56. The van der Waals surface area contributed by atoms with E-state index in [0.717, 1.165) is 3.57 Å². The molecule has 108 valence electrons. The number of aromatic carboxylic acids is 1. The third kappa shape index (κ3) is 4.43. The SMILES string of the molecule is O=C(Nc1cccc(I)c1)Nc1ccc(Br)cc1C(=O)O. The molecule has 0 bridgehead atoms. The number of hydrogen-bond donors (Lipinski definition) is 3. The molecule has 0 aromatic heterocycles. The van der Waals surface area contributed by atoms with Gasteiger partial charge in [-0.3, -0.25) is 0 Å². The van der Waals surface area contributed by atoms with Crippen molar-refractivity contribution in [1.82, 2.24) is 0 Å². The molecular formula is C14H10BrIN2O3. The molecule has 0 aliphatic heterocycles. The lowest BCUT2D eigenvalue weighted by Crippen LogP contribution is -2.21. The summed E-state index contributed by atoms with van der Waals surface area (Å²) in [4.78, 5) is 23.1.